The molecule has 1 N–H and O–H groups in total. The molecule has 2 aromatic rings. The van der Waals surface area contributed by atoms with E-state index in [1.807, 2.05) is 0 Å². The number of hydrogen-bond acceptors (Lipinski definition) is 6. The van der Waals surface area contributed by atoms with Crippen molar-refractivity contribution in [2.24, 2.45) is 0 Å². The van der Waals surface area contributed by atoms with Crippen molar-refractivity contribution in [3.8, 4) is 11.5 Å². The third-order valence-corrected chi connectivity index (χ3v) is 3.92. The van der Waals surface area contributed by atoms with Gasteiger partial charge in [0.15, 0.2) is 0 Å². The highest BCUT2D eigenvalue weighted by Gasteiger charge is 2.27. The maximum Gasteiger partial charge on any atom is 0.317 e. The molecule has 0 aromatic carbocycles. The minimum absolute atomic E-state index is 0.0508. The highest BCUT2D eigenvalue weighted by atomic mass is 16.5. The van der Waals surface area contributed by atoms with Gasteiger partial charge in [-0.3, -0.25) is 0 Å². The van der Waals surface area contributed by atoms with Gasteiger partial charge in [-0.2, -0.15) is 0 Å². The first-order valence-electron chi connectivity index (χ1n) is 7.65. The topological polar surface area (TPSA) is 93.6 Å². The molecule has 0 aliphatic carbocycles. The van der Waals surface area contributed by atoms with Crippen LogP contribution in [0.25, 0.3) is 11.5 Å². The second-order valence-corrected chi connectivity index (χ2v) is 5.44. The maximum absolute atomic E-state index is 12.0. The Morgan fingerprint density at radius 3 is 2.96 bits per heavy atom. The molecular formula is C15H20N4O4. The monoisotopic (exact) mass is 320 g/mol. The predicted octanol–water partition coefficient (Wildman–Crippen LogP) is 1.86. The van der Waals surface area contributed by atoms with Gasteiger partial charge in [0, 0.05) is 32.7 Å². The van der Waals surface area contributed by atoms with Crippen molar-refractivity contribution in [3.05, 3.63) is 24.5 Å². The lowest BCUT2D eigenvalue weighted by Gasteiger charge is -2.30. The lowest BCUT2D eigenvalue weighted by Crippen LogP contribution is -2.44. The molecule has 23 heavy (non-hydrogen) atoms. The standard InChI is InChI=1S/C15H20N4O4/c1-21-9-5-16-15(20)19-6-2-11(3-7-19)13-17-18-14(23-13)12-4-8-22-10-12/h4,8,10-11H,2-3,5-7,9H2,1H3,(H,16,20). The molecule has 0 spiro atoms. The number of carbonyl (C=O) groups is 1. The van der Waals surface area contributed by atoms with Crippen molar-refractivity contribution in [2.45, 2.75) is 18.8 Å². The van der Waals surface area contributed by atoms with E-state index in [1.165, 1.54) is 0 Å². The number of urea groups is 1. The zero-order chi connectivity index (χ0) is 16.1. The summed E-state index contributed by atoms with van der Waals surface area (Å²) in [5, 5.41) is 11.0. The van der Waals surface area contributed by atoms with Crippen LogP contribution in [-0.4, -0.2) is 54.5 Å². The molecule has 0 unspecified atom stereocenters. The van der Waals surface area contributed by atoms with Crippen molar-refractivity contribution >= 4 is 6.03 Å². The van der Waals surface area contributed by atoms with Crippen LogP contribution in [0, 0.1) is 0 Å². The molecule has 8 nitrogen and oxygen atoms in total. The van der Waals surface area contributed by atoms with Gasteiger partial charge in [0.05, 0.1) is 18.4 Å². The predicted molar refractivity (Wildman–Crippen MR) is 80.8 cm³/mol. The Labute approximate surface area is 133 Å². The molecule has 0 bridgehead atoms. The molecular weight excluding hydrogens is 300 g/mol. The first-order valence-corrected chi connectivity index (χ1v) is 7.65. The van der Waals surface area contributed by atoms with E-state index in [0.717, 1.165) is 18.4 Å². The van der Waals surface area contributed by atoms with Crippen LogP contribution in [0.1, 0.15) is 24.7 Å². The number of piperidine rings is 1. The smallest absolute Gasteiger partial charge is 0.317 e. The average Bonchev–Trinajstić information content (AvgIpc) is 3.26. The minimum Gasteiger partial charge on any atom is -0.472 e. The van der Waals surface area contributed by atoms with Crippen LogP contribution < -0.4 is 5.32 Å². The van der Waals surface area contributed by atoms with Gasteiger partial charge in [0.25, 0.3) is 5.89 Å². The SMILES string of the molecule is COCCNC(=O)N1CCC(c2nnc(-c3ccoc3)o2)CC1. The maximum atomic E-state index is 12.0. The van der Waals surface area contributed by atoms with E-state index in [0.29, 0.717) is 38.0 Å². The van der Waals surface area contributed by atoms with Crippen LogP contribution in [0.5, 0.6) is 0 Å². The van der Waals surface area contributed by atoms with Crippen molar-refractivity contribution < 1.29 is 18.4 Å². The number of hydrogen-bond donors (Lipinski definition) is 1. The molecule has 0 atom stereocenters. The second kappa shape index (κ2) is 7.28. The Balaban J connectivity index is 1.52. The lowest BCUT2D eigenvalue weighted by atomic mass is 9.97. The number of rotatable bonds is 5. The van der Waals surface area contributed by atoms with Crippen LogP contribution in [0.15, 0.2) is 27.4 Å². The summed E-state index contributed by atoms with van der Waals surface area (Å²) in [5.41, 5.74) is 0.777. The van der Waals surface area contributed by atoms with E-state index in [9.17, 15) is 4.79 Å². The number of methoxy groups -OCH3 is 1. The lowest BCUT2D eigenvalue weighted by molar-refractivity contribution is 0.166. The fraction of sp³-hybridized carbons (Fsp3) is 0.533. The van der Waals surface area contributed by atoms with E-state index in [1.54, 1.807) is 30.6 Å². The van der Waals surface area contributed by atoms with Crippen molar-refractivity contribution in [3.63, 3.8) is 0 Å². The number of carbonyl (C=O) groups excluding carboxylic acids is 1. The van der Waals surface area contributed by atoms with Gasteiger partial charge in [-0.15, -0.1) is 10.2 Å². The van der Waals surface area contributed by atoms with Crippen LogP contribution >= 0.6 is 0 Å². The molecule has 3 heterocycles. The number of aromatic nitrogens is 2. The van der Waals surface area contributed by atoms with E-state index < -0.39 is 0 Å². The second-order valence-electron chi connectivity index (χ2n) is 5.44. The minimum atomic E-state index is -0.0508. The highest BCUT2D eigenvalue weighted by Crippen LogP contribution is 2.29. The molecule has 1 aliphatic heterocycles. The number of ether oxygens (including phenoxy) is 1. The summed E-state index contributed by atoms with van der Waals surface area (Å²) >= 11 is 0. The molecule has 1 saturated heterocycles. The van der Waals surface area contributed by atoms with E-state index in [4.69, 9.17) is 13.6 Å². The fourth-order valence-corrected chi connectivity index (χ4v) is 2.60. The third-order valence-electron chi connectivity index (χ3n) is 3.92. The number of nitrogens with zero attached hydrogens (tertiary/aromatic N) is 3. The zero-order valence-electron chi connectivity index (χ0n) is 13.0. The number of nitrogens with one attached hydrogen (secondary N) is 1. The number of furan rings is 1. The van der Waals surface area contributed by atoms with E-state index in [-0.39, 0.29) is 11.9 Å². The van der Waals surface area contributed by atoms with Crippen LogP contribution in [0.3, 0.4) is 0 Å². The van der Waals surface area contributed by atoms with Gasteiger partial charge in [0.2, 0.25) is 5.89 Å². The van der Waals surface area contributed by atoms with Gasteiger partial charge in [-0.1, -0.05) is 0 Å². The third kappa shape index (κ3) is 3.70. The summed E-state index contributed by atoms with van der Waals surface area (Å²) in [6.45, 7) is 2.38. The molecule has 0 saturated carbocycles. The van der Waals surface area contributed by atoms with E-state index in [2.05, 4.69) is 15.5 Å². The molecule has 3 rings (SSSR count). The molecule has 124 valence electrons. The van der Waals surface area contributed by atoms with Gasteiger partial charge in [-0.25, -0.2) is 4.79 Å². The first kappa shape index (κ1) is 15.5. The Morgan fingerprint density at radius 1 is 1.43 bits per heavy atom. The molecule has 2 aromatic heterocycles. The molecule has 8 heteroatoms. The Bertz CT molecular complexity index is 617. The molecule has 1 fully saturated rings. The average molecular weight is 320 g/mol. The molecule has 1 aliphatic rings. The van der Waals surface area contributed by atoms with Crippen molar-refractivity contribution in [1.82, 2.24) is 20.4 Å². The van der Waals surface area contributed by atoms with Crippen molar-refractivity contribution in [2.75, 3.05) is 33.4 Å². The summed E-state index contributed by atoms with van der Waals surface area (Å²) in [7, 11) is 1.61. The molecule has 2 amide bonds. The van der Waals surface area contributed by atoms with Crippen molar-refractivity contribution in [1.29, 1.82) is 0 Å². The Hall–Kier alpha value is -2.35. The first-order chi connectivity index (χ1) is 11.3. The van der Waals surface area contributed by atoms with E-state index >= 15 is 0 Å². The summed E-state index contributed by atoms with van der Waals surface area (Å²) in [5.74, 6) is 1.28. The zero-order valence-corrected chi connectivity index (χ0v) is 13.0. The van der Waals surface area contributed by atoms with Crippen LogP contribution in [-0.2, 0) is 4.74 Å². The quantitative estimate of drug-likeness (QED) is 0.845. The van der Waals surface area contributed by atoms with Crippen LogP contribution in [0.2, 0.25) is 0 Å². The number of likely N-dealkylation sites (tertiary alicyclic amines) is 1. The Kier molecular flexibility index (Phi) is 4.92. The van der Waals surface area contributed by atoms with Gasteiger partial charge >= 0.3 is 6.03 Å². The van der Waals surface area contributed by atoms with Crippen LogP contribution in [0.4, 0.5) is 4.79 Å². The van der Waals surface area contributed by atoms with Gasteiger partial charge < -0.3 is 23.8 Å². The largest absolute Gasteiger partial charge is 0.472 e. The summed E-state index contributed by atoms with van der Waals surface area (Å²) in [6.07, 6.45) is 4.76. The fourth-order valence-electron chi connectivity index (χ4n) is 2.60. The highest BCUT2D eigenvalue weighted by molar-refractivity contribution is 5.74. The normalized spacial score (nSPS) is 15.8. The number of amides is 2. The van der Waals surface area contributed by atoms with Gasteiger partial charge in [0.1, 0.15) is 6.26 Å². The summed E-state index contributed by atoms with van der Waals surface area (Å²) in [4.78, 5) is 13.8. The summed E-state index contributed by atoms with van der Waals surface area (Å²) in [6, 6.07) is 1.73. The molecule has 0 radical (unpaired) electrons. The summed E-state index contributed by atoms with van der Waals surface area (Å²) < 4.78 is 15.7. The van der Waals surface area contributed by atoms with Gasteiger partial charge in [-0.05, 0) is 18.9 Å². The Morgan fingerprint density at radius 2 is 2.26 bits per heavy atom.